The molecule has 2 N–H and O–H groups in total. The van der Waals surface area contributed by atoms with Crippen molar-refractivity contribution < 1.29 is 4.79 Å². The summed E-state index contributed by atoms with van der Waals surface area (Å²) in [6, 6.07) is 2.49. The number of amides is 1. The smallest absolute Gasteiger partial charge is 0.226 e. The lowest BCUT2D eigenvalue weighted by molar-refractivity contribution is -0.117. The number of aromatic nitrogens is 1. The standard InChI is InChI=1S/C15H23N3O/c1-9-6-11-12(7-10(2)16-11)17-14(9)18-13(19)8-15(3,4)5/h6,10,16H,7-8H2,1-5H3,(H,17,18,19). The van der Waals surface area contributed by atoms with Crippen molar-refractivity contribution in [1.82, 2.24) is 4.98 Å². The zero-order valence-corrected chi connectivity index (χ0v) is 12.4. The van der Waals surface area contributed by atoms with E-state index in [1.54, 1.807) is 0 Å². The molecule has 2 heterocycles. The maximum absolute atomic E-state index is 12.0. The molecular formula is C15H23N3O. The van der Waals surface area contributed by atoms with Gasteiger partial charge >= 0.3 is 0 Å². The van der Waals surface area contributed by atoms with E-state index in [2.05, 4.69) is 49.4 Å². The topological polar surface area (TPSA) is 54.0 Å². The molecule has 1 aromatic heterocycles. The average molecular weight is 261 g/mol. The number of aryl methyl sites for hydroxylation is 1. The van der Waals surface area contributed by atoms with Crippen LogP contribution < -0.4 is 10.6 Å². The summed E-state index contributed by atoms with van der Waals surface area (Å²) in [7, 11) is 0. The molecule has 19 heavy (non-hydrogen) atoms. The third-order valence-corrected chi connectivity index (χ3v) is 3.14. The van der Waals surface area contributed by atoms with Crippen LogP contribution in [-0.2, 0) is 11.2 Å². The molecule has 1 aromatic rings. The van der Waals surface area contributed by atoms with E-state index in [0.29, 0.717) is 18.3 Å². The van der Waals surface area contributed by atoms with E-state index < -0.39 is 0 Å². The first-order valence-electron chi connectivity index (χ1n) is 6.81. The molecule has 0 spiro atoms. The normalized spacial score (nSPS) is 17.8. The second kappa shape index (κ2) is 4.83. The summed E-state index contributed by atoms with van der Waals surface area (Å²) >= 11 is 0. The Balaban J connectivity index is 2.14. The Morgan fingerprint density at radius 2 is 2.21 bits per heavy atom. The van der Waals surface area contributed by atoms with Crippen LogP contribution >= 0.6 is 0 Å². The first-order valence-corrected chi connectivity index (χ1v) is 6.81. The molecule has 1 amide bonds. The van der Waals surface area contributed by atoms with Gasteiger partial charge < -0.3 is 10.6 Å². The van der Waals surface area contributed by atoms with Crippen LogP contribution in [0.4, 0.5) is 11.5 Å². The average Bonchev–Trinajstić information content (AvgIpc) is 2.55. The number of pyridine rings is 1. The van der Waals surface area contributed by atoms with E-state index in [-0.39, 0.29) is 11.3 Å². The van der Waals surface area contributed by atoms with E-state index in [4.69, 9.17) is 0 Å². The molecule has 1 aliphatic rings. The lowest BCUT2D eigenvalue weighted by atomic mass is 9.92. The molecule has 0 aromatic carbocycles. The van der Waals surface area contributed by atoms with Gasteiger partial charge in [-0.1, -0.05) is 20.8 Å². The van der Waals surface area contributed by atoms with Gasteiger partial charge in [0.25, 0.3) is 0 Å². The Hall–Kier alpha value is -1.58. The van der Waals surface area contributed by atoms with E-state index in [1.807, 2.05) is 6.92 Å². The quantitative estimate of drug-likeness (QED) is 0.860. The highest BCUT2D eigenvalue weighted by atomic mass is 16.1. The SMILES string of the molecule is Cc1cc2c(nc1NC(=O)CC(C)(C)C)CC(C)N2. The Morgan fingerprint density at radius 1 is 1.53 bits per heavy atom. The molecule has 4 nitrogen and oxygen atoms in total. The number of hydrogen-bond acceptors (Lipinski definition) is 3. The van der Waals surface area contributed by atoms with E-state index in [0.717, 1.165) is 23.4 Å². The van der Waals surface area contributed by atoms with Gasteiger partial charge in [-0.25, -0.2) is 4.98 Å². The highest BCUT2D eigenvalue weighted by molar-refractivity contribution is 5.91. The fourth-order valence-electron chi connectivity index (χ4n) is 2.32. The zero-order chi connectivity index (χ0) is 14.2. The van der Waals surface area contributed by atoms with Crippen molar-refractivity contribution in [3.8, 4) is 0 Å². The van der Waals surface area contributed by atoms with Crippen molar-refractivity contribution in [3.05, 3.63) is 17.3 Å². The Labute approximate surface area is 115 Å². The van der Waals surface area contributed by atoms with Gasteiger partial charge in [0.1, 0.15) is 5.82 Å². The second-order valence-electron chi connectivity index (χ2n) is 6.68. The summed E-state index contributed by atoms with van der Waals surface area (Å²) in [6.07, 6.45) is 1.41. The van der Waals surface area contributed by atoms with Crippen molar-refractivity contribution in [3.63, 3.8) is 0 Å². The minimum atomic E-state index is -0.00914. The molecule has 1 aliphatic heterocycles. The number of carbonyl (C=O) groups is 1. The third kappa shape index (κ3) is 3.46. The van der Waals surface area contributed by atoms with Gasteiger partial charge in [0.05, 0.1) is 11.4 Å². The highest BCUT2D eigenvalue weighted by Crippen LogP contribution is 2.28. The number of nitrogens with one attached hydrogen (secondary N) is 2. The number of fused-ring (bicyclic) bond motifs is 1. The Morgan fingerprint density at radius 3 is 2.84 bits per heavy atom. The molecule has 0 fully saturated rings. The fourth-order valence-corrected chi connectivity index (χ4v) is 2.32. The van der Waals surface area contributed by atoms with Crippen molar-refractivity contribution in [2.75, 3.05) is 10.6 Å². The van der Waals surface area contributed by atoms with Crippen molar-refractivity contribution in [2.45, 2.75) is 53.5 Å². The fraction of sp³-hybridized carbons (Fsp3) is 0.600. The molecule has 1 atom stereocenters. The lowest BCUT2D eigenvalue weighted by Crippen LogP contribution is -2.20. The zero-order valence-electron chi connectivity index (χ0n) is 12.4. The van der Waals surface area contributed by atoms with Gasteiger partial charge in [-0.3, -0.25) is 4.79 Å². The highest BCUT2D eigenvalue weighted by Gasteiger charge is 2.21. The summed E-state index contributed by atoms with van der Waals surface area (Å²) in [6.45, 7) is 10.3. The molecule has 0 saturated carbocycles. The lowest BCUT2D eigenvalue weighted by Gasteiger charge is -2.17. The van der Waals surface area contributed by atoms with Crippen LogP contribution in [0.5, 0.6) is 0 Å². The largest absolute Gasteiger partial charge is 0.381 e. The van der Waals surface area contributed by atoms with Crippen LogP contribution in [0.2, 0.25) is 0 Å². The predicted octanol–water partition coefficient (Wildman–Crippen LogP) is 3.12. The summed E-state index contributed by atoms with van der Waals surface area (Å²) in [4.78, 5) is 16.6. The number of rotatable bonds is 2. The maximum atomic E-state index is 12.0. The van der Waals surface area contributed by atoms with Gasteiger partial charge in [-0.15, -0.1) is 0 Å². The monoisotopic (exact) mass is 261 g/mol. The molecule has 104 valence electrons. The number of carbonyl (C=O) groups excluding carboxylic acids is 1. The van der Waals surface area contributed by atoms with E-state index in [1.165, 1.54) is 0 Å². The molecule has 0 bridgehead atoms. The van der Waals surface area contributed by atoms with Gasteiger partial charge in [-0.05, 0) is 30.9 Å². The van der Waals surface area contributed by atoms with Gasteiger partial charge in [0, 0.05) is 18.9 Å². The third-order valence-electron chi connectivity index (χ3n) is 3.14. The molecule has 0 radical (unpaired) electrons. The minimum absolute atomic E-state index is 0.00914. The van der Waals surface area contributed by atoms with Crippen LogP contribution in [0.25, 0.3) is 0 Å². The number of hydrogen-bond donors (Lipinski definition) is 2. The van der Waals surface area contributed by atoms with Crippen molar-refractivity contribution in [1.29, 1.82) is 0 Å². The van der Waals surface area contributed by atoms with Gasteiger partial charge in [-0.2, -0.15) is 0 Å². The van der Waals surface area contributed by atoms with Crippen molar-refractivity contribution in [2.24, 2.45) is 5.41 Å². The summed E-state index contributed by atoms with van der Waals surface area (Å²) in [5.74, 6) is 0.728. The van der Waals surface area contributed by atoms with Gasteiger partial charge in [0.2, 0.25) is 5.91 Å². The molecule has 4 heteroatoms. The Kier molecular flexibility index (Phi) is 3.52. The predicted molar refractivity (Wildman–Crippen MR) is 78.5 cm³/mol. The van der Waals surface area contributed by atoms with Gasteiger partial charge in [0.15, 0.2) is 0 Å². The van der Waals surface area contributed by atoms with Crippen LogP contribution in [0.3, 0.4) is 0 Å². The minimum Gasteiger partial charge on any atom is -0.381 e. The van der Waals surface area contributed by atoms with Crippen molar-refractivity contribution >= 4 is 17.4 Å². The molecular weight excluding hydrogens is 238 g/mol. The van der Waals surface area contributed by atoms with E-state index in [9.17, 15) is 4.79 Å². The van der Waals surface area contributed by atoms with Crippen LogP contribution in [0, 0.1) is 12.3 Å². The summed E-state index contributed by atoms with van der Waals surface area (Å²) in [5.41, 5.74) is 3.13. The number of nitrogens with zero attached hydrogens (tertiary/aromatic N) is 1. The van der Waals surface area contributed by atoms with Crippen LogP contribution in [0.15, 0.2) is 6.07 Å². The van der Waals surface area contributed by atoms with Crippen LogP contribution in [0.1, 0.15) is 45.4 Å². The maximum Gasteiger partial charge on any atom is 0.226 e. The molecule has 0 saturated heterocycles. The molecule has 2 rings (SSSR count). The number of anilines is 2. The first-order chi connectivity index (χ1) is 8.74. The summed E-state index contributed by atoms with van der Waals surface area (Å²) in [5, 5.41) is 6.32. The molecule has 0 aliphatic carbocycles. The van der Waals surface area contributed by atoms with Crippen LogP contribution in [-0.4, -0.2) is 16.9 Å². The Bertz CT molecular complexity index is 503. The summed E-state index contributed by atoms with van der Waals surface area (Å²) < 4.78 is 0. The van der Waals surface area contributed by atoms with E-state index >= 15 is 0 Å². The molecule has 1 unspecified atom stereocenters. The first kappa shape index (κ1) is 13.8. The second-order valence-corrected chi connectivity index (χ2v) is 6.68.